The SMILES string of the molecule is CCC(NC(=O)C1CC1C(=O)O)c1ccccc1OC(F)F. The fourth-order valence-electron chi connectivity index (χ4n) is 2.41. The highest BCUT2D eigenvalue weighted by Crippen LogP contribution is 2.39. The third kappa shape index (κ3) is 3.72. The number of nitrogens with one attached hydrogen (secondary N) is 1. The van der Waals surface area contributed by atoms with Crippen LogP contribution in [0.1, 0.15) is 31.4 Å². The first-order valence-corrected chi connectivity index (χ1v) is 7.01. The largest absolute Gasteiger partial charge is 0.481 e. The van der Waals surface area contributed by atoms with Gasteiger partial charge in [0.25, 0.3) is 0 Å². The number of carbonyl (C=O) groups excluding carboxylic acids is 1. The number of benzene rings is 1. The Labute approximate surface area is 126 Å². The maximum absolute atomic E-state index is 12.4. The number of carboxylic acid groups (broad SMARTS) is 1. The number of para-hydroxylation sites is 1. The van der Waals surface area contributed by atoms with Crippen LogP contribution >= 0.6 is 0 Å². The number of alkyl halides is 2. The van der Waals surface area contributed by atoms with Crippen molar-refractivity contribution in [1.29, 1.82) is 0 Å². The van der Waals surface area contributed by atoms with E-state index in [2.05, 4.69) is 10.1 Å². The summed E-state index contributed by atoms with van der Waals surface area (Å²) in [5, 5.41) is 11.6. The lowest BCUT2D eigenvalue weighted by Gasteiger charge is -2.20. The zero-order valence-corrected chi connectivity index (χ0v) is 12.0. The Bertz CT molecular complexity index is 564. The molecule has 1 aromatic carbocycles. The minimum atomic E-state index is -2.95. The van der Waals surface area contributed by atoms with Crippen molar-refractivity contribution in [2.24, 2.45) is 11.8 Å². The number of halogens is 2. The van der Waals surface area contributed by atoms with Gasteiger partial charge in [-0.1, -0.05) is 25.1 Å². The number of amides is 1. The van der Waals surface area contributed by atoms with Gasteiger partial charge >= 0.3 is 12.6 Å². The van der Waals surface area contributed by atoms with Crippen LogP contribution in [0.5, 0.6) is 5.75 Å². The van der Waals surface area contributed by atoms with Crippen molar-refractivity contribution in [2.75, 3.05) is 0 Å². The average molecular weight is 313 g/mol. The molecule has 3 atom stereocenters. The maximum atomic E-state index is 12.4. The highest BCUT2D eigenvalue weighted by molar-refractivity contribution is 5.89. The standard InChI is InChI=1S/C15H17F2NO4/c1-2-11(18-13(19)9-7-10(9)14(20)21)8-5-3-4-6-12(8)22-15(16)17/h3-6,9-11,15H,2,7H2,1H3,(H,18,19)(H,20,21). The van der Waals surface area contributed by atoms with Crippen molar-refractivity contribution in [3.63, 3.8) is 0 Å². The first kappa shape index (κ1) is 16.2. The van der Waals surface area contributed by atoms with Crippen LogP contribution in [0.4, 0.5) is 8.78 Å². The van der Waals surface area contributed by atoms with Gasteiger partial charge in [-0.05, 0) is 18.9 Å². The van der Waals surface area contributed by atoms with Gasteiger partial charge in [0.1, 0.15) is 5.75 Å². The number of aliphatic carboxylic acids is 1. The molecule has 1 saturated carbocycles. The second-order valence-corrected chi connectivity index (χ2v) is 5.17. The van der Waals surface area contributed by atoms with Gasteiger partial charge in [0, 0.05) is 5.56 Å². The van der Waals surface area contributed by atoms with Crippen LogP contribution in [0.2, 0.25) is 0 Å². The fraction of sp³-hybridized carbons (Fsp3) is 0.467. The van der Waals surface area contributed by atoms with Crippen molar-refractivity contribution in [3.8, 4) is 5.75 Å². The fourth-order valence-corrected chi connectivity index (χ4v) is 2.41. The molecular weight excluding hydrogens is 296 g/mol. The van der Waals surface area contributed by atoms with Crippen LogP contribution in [0, 0.1) is 11.8 Å². The molecule has 0 aliphatic heterocycles. The summed E-state index contributed by atoms with van der Waals surface area (Å²) in [6.07, 6.45) is 0.784. The second-order valence-electron chi connectivity index (χ2n) is 5.17. The summed E-state index contributed by atoms with van der Waals surface area (Å²) in [7, 11) is 0. The van der Waals surface area contributed by atoms with Gasteiger partial charge in [0.2, 0.25) is 5.91 Å². The number of ether oxygens (including phenoxy) is 1. The zero-order valence-electron chi connectivity index (χ0n) is 12.0. The lowest BCUT2D eigenvalue weighted by molar-refractivity contribution is -0.140. The van der Waals surface area contributed by atoms with E-state index in [-0.39, 0.29) is 11.7 Å². The summed E-state index contributed by atoms with van der Waals surface area (Å²) in [6.45, 7) is -1.15. The molecule has 2 rings (SSSR count). The molecule has 1 fully saturated rings. The Morgan fingerprint density at radius 1 is 1.36 bits per heavy atom. The van der Waals surface area contributed by atoms with Crippen LogP contribution in [0.25, 0.3) is 0 Å². The topological polar surface area (TPSA) is 75.6 Å². The maximum Gasteiger partial charge on any atom is 0.387 e. The van der Waals surface area contributed by atoms with Crippen LogP contribution in [0.3, 0.4) is 0 Å². The van der Waals surface area contributed by atoms with Gasteiger partial charge in [-0.2, -0.15) is 8.78 Å². The molecule has 0 heterocycles. The summed E-state index contributed by atoms with van der Waals surface area (Å²) < 4.78 is 29.3. The molecule has 22 heavy (non-hydrogen) atoms. The quantitative estimate of drug-likeness (QED) is 0.811. The Morgan fingerprint density at radius 2 is 2.05 bits per heavy atom. The Morgan fingerprint density at radius 3 is 2.59 bits per heavy atom. The van der Waals surface area contributed by atoms with Gasteiger partial charge in [-0.25, -0.2) is 0 Å². The summed E-state index contributed by atoms with van der Waals surface area (Å²) in [4.78, 5) is 22.8. The van der Waals surface area contributed by atoms with Crippen molar-refractivity contribution < 1.29 is 28.2 Å². The van der Waals surface area contributed by atoms with E-state index in [1.165, 1.54) is 6.07 Å². The molecule has 0 bridgehead atoms. The van der Waals surface area contributed by atoms with Gasteiger partial charge < -0.3 is 15.2 Å². The first-order chi connectivity index (χ1) is 10.4. The lowest BCUT2D eigenvalue weighted by Crippen LogP contribution is -2.30. The molecule has 0 spiro atoms. The van der Waals surface area contributed by atoms with E-state index in [0.29, 0.717) is 18.4 Å². The second kappa shape index (κ2) is 6.72. The van der Waals surface area contributed by atoms with E-state index < -0.39 is 30.5 Å². The third-order valence-electron chi connectivity index (χ3n) is 3.68. The van der Waals surface area contributed by atoms with Crippen LogP contribution < -0.4 is 10.1 Å². The normalized spacial score (nSPS) is 21.3. The third-order valence-corrected chi connectivity index (χ3v) is 3.68. The number of hydrogen-bond acceptors (Lipinski definition) is 3. The summed E-state index contributed by atoms with van der Waals surface area (Å²) in [5.74, 6) is -2.55. The molecule has 7 heteroatoms. The zero-order chi connectivity index (χ0) is 16.3. The van der Waals surface area contributed by atoms with E-state index in [1.54, 1.807) is 25.1 Å². The molecule has 0 radical (unpaired) electrons. The molecule has 1 aliphatic rings. The van der Waals surface area contributed by atoms with E-state index in [0.717, 1.165) is 0 Å². The smallest absolute Gasteiger partial charge is 0.387 e. The predicted molar refractivity (Wildman–Crippen MR) is 73.5 cm³/mol. The Hall–Kier alpha value is -2.18. The molecule has 0 aromatic heterocycles. The average Bonchev–Trinajstić information content (AvgIpc) is 3.25. The van der Waals surface area contributed by atoms with Crippen LogP contribution in [-0.2, 0) is 9.59 Å². The number of carbonyl (C=O) groups is 2. The number of rotatable bonds is 7. The number of carboxylic acids is 1. The highest BCUT2D eigenvalue weighted by atomic mass is 19.3. The van der Waals surface area contributed by atoms with Crippen molar-refractivity contribution >= 4 is 11.9 Å². The van der Waals surface area contributed by atoms with Crippen LogP contribution in [0.15, 0.2) is 24.3 Å². The van der Waals surface area contributed by atoms with Crippen molar-refractivity contribution in [1.82, 2.24) is 5.32 Å². The van der Waals surface area contributed by atoms with E-state index in [4.69, 9.17) is 5.11 Å². The Balaban J connectivity index is 2.09. The molecule has 0 saturated heterocycles. The molecule has 1 amide bonds. The summed E-state index contributed by atoms with van der Waals surface area (Å²) in [5.41, 5.74) is 0.450. The lowest BCUT2D eigenvalue weighted by atomic mass is 10.0. The predicted octanol–water partition coefficient (Wildman–Crippen LogP) is 2.58. The molecule has 1 aliphatic carbocycles. The molecule has 3 unspecified atom stereocenters. The molecule has 1 aromatic rings. The highest BCUT2D eigenvalue weighted by Gasteiger charge is 2.48. The van der Waals surface area contributed by atoms with Crippen molar-refractivity contribution in [2.45, 2.75) is 32.4 Å². The monoisotopic (exact) mass is 313 g/mol. The van der Waals surface area contributed by atoms with Gasteiger partial charge in [-0.3, -0.25) is 9.59 Å². The van der Waals surface area contributed by atoms with Gasteiger partial charge in [-0.15, -0.1) is 0 Å². The molecule has 120 valence electrons. The molecule has 2 N–H and O–H groups in total. The van der Waals surface area contributed by atoms with E-state index in [1.807, 2.05) is 0 Å². The summed E-state index contributed by atoms with van der Waals surface area (Å²) >= 11 is 0. The Kier molecular flexibility index (Phi) is 4.95. The minimum absolute atomic E-state index is 0.00947. The van der Waals surface area contributed by atoms with E-state index in [9.17, 15) is 18.4 Å². The van der Waals surface area contributed by atoms with Gasteiger partial charge in [0.15, 0.2) is 0 Å². The van der Waals surface area contributed by atoms with Gasteiger partial charge in [0.05, 0.1) is 17.9 Å². The van der Waals surface area contributed by atoms with Crippen LogP contribution in [-0.4, -0.2) is 23.6 Å². The number of hydrogen-bond donors (Lipinski definition) is 2. The van der Waals surface area contributed by atoms with Crippen molar-refractivity contribution in [3.05, 3.63) is 29.8 Å². The van der Waals surface area contributed by atoms with E-state index >= 15 is 0 Å². The first-order valence-electron chi connectivity index (χ1n) is 7.01. The molecular formula is C15H17F2NO4. The molecule has 5 nitrogen and oxygen atoms in total. The summed E-state index contributed by atoms with van der Waals surface area (Å²) in [6, 6.07) is 5.75. The minimum Gasteiger partial charge on any atom is -0.481 e.